The predicted molar refractivity (Wildman–Crippen MR) is 51.0 cm³/mol. The Morgan fingerprint density at radius 2 is 2.08 bits per heavy atom. The van der Waals surface area contributed by atoms with Crippen LogP contribution in [0, 0.1) is 0 Å². The molecule has 0 aromatic carbocycles. The second-order valence-electron chi connectivity index (χ2n) is 2.10. The molecule has 0 aliphatic carbocycles. The van der Waals surface area contributed by atoms with E-state index in [1.54, 1.807) is 14.0 Å². The number of carbonyl (C=O) groups excluding carboxylic acids is 1. The molecule has 5 nitrogen and oxygen atoms in total. The van der Waals surface area contributed by atoms with E-state index >= 15 is 0 Å². The monoisotopic (exact) mass is 209 g/mol. The average Bonchev–Trinajstić information content (AvgIpc) is 2.02. The van der Waals surface area contributed by atoms with Crippen molar-refractivity contribution >= 4 is 16.0 Å². The minimum absolute atomic E-state index is 0.132. The van der Waals surface area contributed by atoms with E-state index in [0.717, 1.165) is 0 Å². The van der Waals surface area contributed by atoms with E-state index < -0.39 is 10.1 Å². The average molecular weight is 209 g/mol. The van der Waals surface area contributed by atoms with Crippen LogP contribution in [0.2, 0.25) is 0 Å². The lowest BCUT2D eigenvalue weighted by Gasteiger charge is -1.85. The van der Waals surface area contributed by atoms with Crippen LogP contribution in [0.25, 0.3) is 0 Å². The lowest BCUT2D eigenvalue weighted by Crippen LogP contribution is -2.13. The van der Waals surface area contributed by atoms with Gasteiger partial charge in [-0.3, -0.25) is 9.35 Å². The molecule has 0 spiro atoms. The fourth-order valence-electron chi connectivity index (χ4n) is 0.360. The van der Waals surface area contributed by atoms with E-state index in [1.165, 1.54) is 6.08 Å². The van der Waals surface area contributed by atoms with Crippen LogP contribution in [0.5, 0.6) is 0 Å². The Bertz CT molecular complexity index is 245. The van der Waals surface area contributed by atoms with Gasteiger partial charge in [-0.2, -0.15) is 8.42 Å². The molecule has 0 radical (unpaired) electrons. The van der Waals surface area contributed by atoms with E-state index in [0.29, 0.717) is 6.42 Å². The summed E-state index contributed by atoms with van der Waals surface area (Å²) in [5.41, 5.74) is 0. The molecule has 13 heavy (non-hydrogen) atoms. The van der Waals surface area contributed by atoms with Crippen LogP contribution >= 0.6 is 0 Å². The number of carbonyl (C=O) groups is 1. The Hall–Kier alpha value is -0.880. The maximum Gasteiger partial charge on any atom is 0.264 e. The minimum atomic E-state index is -3.67. The summed E-state index contributed by atoms with van der Waals surface area (Å²) in [6.45, 7) is 4.91. The highest BCUT2D eigenvalue weighted by Gasteiger charge is 1.98. The highest BCUT2D eigenvalue weighted by molar-refractivity contribution is 7.85. The van der Waals surface area contributed by atoms with Gasteiger partial charge in [0.05, 0.1) is 5.75 Å². The molecule has 0 unspecified atom stereocenters. The number of rotatable bonds is 3. The first-order valence-corrected chi connectivity index (χ1v) is 5.27. The highest BCUT2D eigenvalue weighted by Crippen LogP contribution is 1.83. The summed E-state index contributed by atoms with van der Waals surface area (Å²) in [7, 11) is -2.11. The Labute approximate surface area is 78.6 Å². The van der Waals surface area contributed by atoms with Crippen molar-refractivity contribution in [2.24, 2.45) is 0 Å². The van der Waals surface area contributed by atoms with Gasteiger partial charge in [0.25, 0.3) is 10.1 Å². The van der Waals surface area contributed by atoms with Crippen molar-refractivity contribution in [3.8, 4) is 0 Å². The van der Waals surface area contributed by atoms with Crippen molar-refractivity contribution in [1.82, 2.24) is 5.32 Å². The zero-order valence-electron chi connectivity index (χ0n) is 7.78. The van der Waals surface area contributed by atoms with Crippen LogP contribution in [-0.2, 0) is 14.9 Å². The molecule has 6 heteroatoms. The second kappa shape index (κ2) is 7.75. The second-order valence-corrected chi connectivity index (χ2v) is 3.68. The van der Waals surface area contributed by atoms with Gasteiger partial charge in [0.15, 0.2) is 0 Å². The third-order valence-corrected chi connectivity index (χ3v) is 1.82. The quantitative estimate of drug-likeness (QED) is 0.514. The lowest BCUT2D eigenvalue weighted by atomic mass is 10.6. The zero-order chi connectivity index (χ0) is 10.9. The molecule has 0 atom stereocenters. The molecular weight excluding hydrogens is 194 g/mol. The molecule has 0 rings (SSSR count). The van der Waals surface area contributed by atoms with Gasteiger partial charge in [0.1, 0.15) is 0 Å². The van der Waals surface area contributed by atoms with Crippen molar-refractivity contribution in [2.45, 2.75) is 13.3 Å². The van der Waals surface area contributed by atoms with E-state index in [1.807, 2.05) is 0 Å². The number of likely N-dealkylation sites (N-methyl/N-ethyl adjacent to an activating group) is 1. The standard InChI is InChI=1S/C4H7NO.C3H8O3S/c1-3-4(6)5-2;1-2-3-7(4,5)6/h3H,1H2,2H3,(H,5,6);2-3H2,1H3,(H,4,5,6). The number of amides is 1. The zero-order valence-corrected chi connectivity index (χ0v) is 8.60. The molecule has 0 heterocycles. The van der Waals surface area contributed by atoms with Crippen LogP contribution in [0.15, 0.2) is 12.7 Å². The predicted octanol–water partition coefficient (Wildman–Crippen LogP) is 0.203. The Kier molecular flexibility index (Phi) is 8.73. The molecule has 0 fully saturated rings. The molecule has 0 aliphatic heterocycles. The minimum Gasteiger partial charge on any atom is -0.356 e. The third-order valence-electron chi connectivity index (χ3n) is 0.894. The first-order valence-electron chi connectivity index (χ1n) is 3.66. The molecule has 0 saturated carbocycles. The molecule has 0 aromatic heterocycles. The van der Waals surface area contributed by atoms with Gasteiger partial charge in [-0.05, 0) is 12.5 Å². The van der Waals surface area contributed by atoms with Crippen molar-refractivity contribution in [3.05, 3.63) is 12.7 Å². The molecule has 0 aliphatic rings. The largest absolute Gasteiger partial charge is 0.356 e. The Morgan fingerprint density at radius 3 is 2.08 bits per heavy atom. The van der Waals surface area contributed by atoms with Crippen molar-refractivity contribution in [1.29, 1.82) is 0 Å². The number of hydrogen-bond donors (Lipinski definition) is 2. The van der Waals surface area contributed by atoms with E-state index in [9.17, 15) is 13.2 Å². The van der Waals surface area contributed by atoms with Crippen molar-refractivity contribution in [3.63, 3.8) is 0 Å². The summed E-state index contributed by atoms with van der Waals surface area (Å²) in [5, 5.41) is 2.36. The molecule has 0 saturated heterocycles. The molecule has 1 amide bonds. The summed E-state index contributed by atoms with van der Waals surface area (Å²) in [5.74, 6) is -0.275. The van der Waals surface area contributed by atoms with E-state index in [2.05, 4.69) is 11.9 Å². The summed E-state index contributed by atoms with van der Waals surface area (Å²) in [6, 6.07) is 0. The smallest absolute Gasteiger partial charge is 0.264 e. The summed E-state index contributed by atoms with van der Waals surface area (Å²) in [6.07, 6.45) is 1.69. The van der Waals surface area contributed by atoms with Gasteiger partial charge in [0.2, 0.25) is 5.91 Å². The molecule has 2 N–H and O–H groups in total. The lowest BCUT2D eigenvalue weighted by molar-refractivity contribution is -0.116. The van der Waals surface area contributed by atoms with Crippen LogP contribution in [0.1, 0.15) is 13.3 Å². The van der Waals surface area contributed by atoms with Gasteiger partial charge in [0, 0.05) is 7.05 Å². The first kappa shape index (κ1) is 14.6. The molecule has 0 bridgehead atoms. The Balaban J connectivity index is 0. The molecule has 0 aromatic rings. The van der Waals surface area contributed by atoms with Gasteiger partial charge >= 0.3 is 0 Å². The van der Waals surface area contributed by atoms with E-state index in [-0.39, 0.29) is 11.7 Å². The molecular formula is C7H15NO4S. The fraction of sp³-hybridized carbons (Fsp3) is 0.571. The van der Waals surface area contributed by atoms with Crippen LogP contribution in [0.4, 0.5) is 0 Å². The van der Waals surface area contributed by atoms with E-state index in [4.69, 9.17) is 4.55 Å². The van der Waals surface area contributed by atoms with Crippen molar-refractivity contribution < 1.29 is 17.8 Å². The van der Waals surface area contributed by atoms with Crippen LogP contribution < -0.4 is 5.32 Å². The number of hydrogen-bond acceptors (Lipinski definition) is 3. The van der Waals surface area contributed by atoms with Crippen molar-refractivity contribution in [2.75, 3.05) is 12.8 Å². The normalized spacial score (nSPS) is 9.46. The summed E-state index contributed by atoms with van der Waals surface area (Å²) >= 11 is 0. The number of nitrogens with one attached hydrogen (secondary N) is 1. The van der Waals surface area contributed by atoms with Crippen LogP contribution in [0.3, 0.4) is 0 Å². The molecule has 78 valence electrons. The Morgan fingerprint density at radius 1 is 1.62 bits per heavy atom. The highest BCUT2D eigenvalue weighted by atomic mass is 32.2. The maximum atomic E-state index is 9.95. The van der Waals surface area contributed by atoms with Gasteiger partial charge in [-0.1, -0.05) is 13.5 Å². The van der Waals surface area contributed by atoms with Gasteiger partial charge < -0.3 is 5.32 Å². The SMILES string of the molecule is C=CC(=O)NC.CCCS(=O)(=O)O. The van der Waals surface area contributed by atoms with Gasteiger partial charge in [-0.15, -0.1) is 0 Å². The maximum absolute atomic E-state index is 9.95. The summed E-state index contributed by atoms with van der Waals surface area (Å²) < 4.78 is 27.6. The van der Waals surface area contributed by atoms with Gasteiger partial charge in [-0.25, -0.2) is 0 Å². The first-order chi connectivity index (χ1) is 5.87. The fourth-order valence-corrected chi connectivity index (χ4v) is 0.876. The topological polar surface area (TPSA) is 83.5 Å². The third kappa shape index (κ3) is 18.2. The summed E-state index contributed by atoms with van der Waals surface area (Å²) in [4.78, 5) is 9.95. The van der Waals surface area contributed by atoms with Crippen LogP contribution in [-0.4, -0.2) is 31.7 Å².